The highest BCUT2D eigenvalue weighted by Crippen LogP contribution is 2.59. The van der Waals surface area contributed by atoms with Crippen LogP contribution in [0.4, 0.5) is 0 Å². The molecule has 1 aliphatic rings. The lowest BCUT2D eigenvalue weighted by Crippen LogP contribution is -2.28. The minimum atomic E-state index is -0.482. The normalized spacial score (nSPS) is 12.2. The number of hydrogen-bond acceptors (Lipinski definition) is 1. The van der Waals surface area contributed by atoms with Gasteiger partial charge in [-0.3, -0.25) is 0 Å². The predicted octanol–water partition coefficient (Wildman–Crippen LogP) is 19.4. The molecule has 0 fully saturated rings. The summed E-state index contributed by atoms with van der Waals surface area (Å²) in [5.41, 5.74) is 20.0. The summed E-state index contributed by atoms with van der Waals surface area (Å²) < 4.78 is 5.14. The third-order valence-electron chi connectivity index (χ3n) is 14.8. The average Bonchev–Trinajstić information content (AvgIpc) is 4.08. The average molecular weight is 954 g/mol. The van der Waals surface area contributed by atoms with Crippen molar-refractivity contribution >= 4 is 53.2 Å². The van der Waals surface area contributed by atoms with Gasteiger partial charge in [0, 0.05) is 43.7 Å². The lowest BCUT2D eigenvalue weighted by molar-refractivity contribution is 0.768. The van der Waals surface area contributed by atoms with Crippen LogP contribution in [0.5, 0.6) is 0 Å². The van der Waals surface area contributed by atoms with Gasteiger partial charge in [0.15, 0.2) is 0 Å². The Kier molecular flexibility index (Phi) is 12.0. The minimum absolute atomic E-state index is 0.482. The number of aromatic nitrogens is 1. The van der Waals surface area contributed by atoms with Crippen molar-refractivity contribution in [1.29, 1.82) is 0 Å². The third kappa shape index (κ3) is 8.05. The molecule has 2 heterocycles. The molecule has 0 saturated heterocycles. The quantitative estimate of drug-likeness (QED) is 0.162. The highest BCUT2D eigenvalue weighted by atomic mass is 32.1. The summed E-state index contributed by atoms with van der Waals surface area (Å²) in [4.78, 5) is 0. The number of hydrogen-bond donors (Lipinski definition) is 0. The van der Waals surface area contributed by atoms with Gasteiger partial charge in [-0.05, 0) is 123 Å². The molecule has 0 radical (unpaired) electrons. The molecule has 0 bridgehead atoms. The molecule has 0 aliphatic heterocycles. The molecule has 1 nitrogen and oxygen atoms in total. The second kappa shape index (κ2) is 19.2. The van der Waals surface area contributed by atoms with Gasteiger partial charge in [-0.15, -0.1) is 11.3 Å². The van der Waals surface area contributed by atoms with Gasteiger partial charge in [0.25, 0.3) is 0 Å². The van der Waals surface area contributed by atoms with Crippen LogP contribution in [0, 0.1) is 20.8 Å². The van der Waals surface area contributed by atoms with Gasteiger partial charge in [0.1, 0.15) is 0 Å². The summed E-state index contributed by atoms with van der Waals surface area (Å²) in [6.07, 6.45) is 0. The van der Waals surface area contributed by atoms with Crippen molar-refractivity contribution in [2.24, 2.45) is 7.05 Å². The molecule has 0 atom stereocenters. The molecule has 2 aromatic heterocycles. The number of benzene rings is 11. The molecule has 14 rings (SSSR count). The summed E-state index contributed by atoms with van der Waals surface area (Å²) >= 11 is 1.88. The second-order valence-electron chi connectivity index (χ2n) is 19.4. The number of thiophene rings is 1. The van der Waals surface area contributed by atoms with Crippen LogP contribution in [0.25, 0.3) is 86.5 Å². The lowest BCUT2D eigenvalue weighted by Gasteiger charge is -2.34. The number of aryl methyl sites for hydroxylation is 4. The van der Waals surface area contributed by atoms with Gasteiger partial charge in [-0.2, -0.15) is 0 Å². The van der Waals surface area contributed by atoms with Crippen LogP contribution in [0.3, 0.4) is 0 Å². The Morgan fingerprint density at radius 1 is 0.329 bits per heavy atom. The largest absolute Gasteiger partial charge is 0.343 e. The molecular weight excluding hydrogens is 899 g/mol. The van der Waals surface area contributed by atoms with E-state index >= 15 is 0 Å². The Morgan fingerprint density at radius 2 is 0.863 bits per heavy atom. The van der Waals surface area contributed by atoms with Gasteiger partial charge >= 0.3 is 0 Å². The molecular formula is C71H55NS. The molecule has 73 heavy (non-hydrogen) atoms. The van der Waals surface area contributed by atoms with E-state index in [-0.39, 0.29) is 0 Å². The number of nitrogens with zero attached hydrogens (tertiary/aromatic N) is 1. The molecule has 0 saturated carbocycles. The molecule has 1 aliphatic carbocycles. The number of rotatable bonds is 5. The zero-order valence-corrected chi connectivity index (χ0v) is 42.5. The first-order chi connectivity index (χ1) is 35.9. The Labute approximate surface area is 433 Å². The maximum atomic E-state index is 2.53. The lowest BCUT2D eigenvalue weighted by atomic mass is 9.67. The van der Waals surface area contributed by atoms with E-state index in [0.29, 0.717) is 0 Å². The zero-order valence-electron chi connectivity index (χ0n) is 41.7. The van der Waals surface area contributed by atoms with Gasteiger partial charge < -0.3 is 4.57 Å². The van der Waals surface area contributed by atoms with Crippen molar-refractivity contribution in [2.75, 3.05) is 0 Å². The van der Waals surface area contributed by atoms with Crippen LogP contribution < -0.4 is 0 Å². The van der Waals surface area contributed by atoms with E-state index in [4.69, 9.17) is 0 Å². The summed E-state index contributed by atoms with van der Waals surface area (Å²) in [5.74, 6) is 0. The highest BCUT2D eigenvalue weighted by Gasteiger charge is 2.47. The fourth-order valence-corrected chi connectivity index (χ4v) is 12.7. The monoisotopic (exact) mass is 953 g/mol. The van der Waals surface area contributed by atoms with Gasteiger partial charge in [0.2, 0.25) is 0 Å². The highest BCUT2D eigenvalue weighted by molar-refractivity contribution is 7.25. The van der Waals surface area contributed by atoms with Crippen LogP contribution in [0.1, 0.15) is 38.9 Å². The summed E-state index contributed by atoms with van der Waals surface area (Å²) in [6.45, 7) is 6.44. The maximum Gasteiger partial charge on any atom is 0.0714 e. The van der Waals surface area contributed by atoms with E-state index in [1.54, 1.807) is 0 Å². The Hall–Kier alpha value is -8.56. The second-order valence-corrected chi connectivity index (χ2v) is 20.5. The zero-order chi connectivity index (χ0) is 49.5. The van der Waals surface area contributed by atoms with Crippen molar-refractivity contribution in [3.05, 3.63) is 300 Å². The Bertz CT molecular complexity index is 4050. The summed E-state index contributed by atoms with van der Waals surface area (Å²) in [5, 5.41) is 6.58. The minimum Gasteiger partial charge on any atom is -0.343 e. The molecule has 0 spiro atoms. The molecule has 13 aromatic rings. The number of fused-ring (bicyclic) bond motifs is 9. The molecule has 350 valence electrons. The van der Waals surface area contributed by atoms with Crippen LogP contribution >= 0.6 is 11.3 Å². The van der Waals surface area contributed by atoms with Crippen molar-refractivity contribution in [1.82, 2.24) is 4.57 Å². The molecule has 11 aromatic carbocycles. The standard InChI is InChI=1S/C51H37N.C13H10S.C7H8/c1-34-27-29-42-45(31-34)51(38-21-11-5-12-22-38,39-23-13-6-14-24-39)46-33-43(40-25-15-16-26-41(40)49(42)46)37-28-30-47-44(32-37)48(35-17-7-3-8-18-35)50(52(47)2)36-19-9-4-10-20-36;1-9-6-7-11-10-4-2-3-5-12(10)14-13(11)8-9;1-7-5-3-2-4-6-7/h3-33H,1-2H3;2-8H,1H3;2-6H,1H3. The first kappa shape index (κ1) is 45.6. The topological polar surface area (TPSA) is 4.93 Å². The van der Waals surface area contributed by atoms with Gasteiger partial charge in [-0.25, -0.2) is 0 Å². The van der Waals surface area contributed by atoms with Crippen molar-refractivity contribution in [3.63, 3.8) is 0 Å². The smallest absolute Gasteiger partial charge is 0.0714 e. The van der Waals surface area contributed by atoms with Crippen LogP contribution in [0.2, 0.25) is 0 Å². The summed E-state index contributed by atoms with van der Waals surface area (Å²) in [6, 6.07) is 95.2. The molecule has 2 heteroatoms. The van der Waals surface area contributed by atoms with E-state index in [1.807, 2.05) is 29.5 Å². The van der Waals surface area contributed by atoms with E-state index in [0.717, 1.165) is 0 Å². The molecule has 0 N–H and O–H groups in total. The summed E-state index contributed by atoms with van der Waals surface area (Å²) in [7, 11) is 2.20. The first-order valence-corrected chi connectivity index (χ1v) is 26.1. The predicted molar refractivity (Wildman–Crippen MR) is 314 cm³/mol. The van der Waals surface area contributed by atoms with E-state index in [2.05, 4.69) is 275 Å². The van der Waals surface area contributed by atoms with Crippen molar-refractivity contribution < 1.29 is 0 Å². The third-order valence-corrected chi connectivity index (χ3v) is 15.9. The Balaban J connectivity index is 0.000000212. The molecule has 0 amide bonds. The van der Waals surface area contributed by atoms with E-state index < -0.39 is 5.41 Å². The Morgan fingerprint density at radius 3 is 1.51 bits per heavy atom. The van der Waals surface area contributed by atoms with Crippen LogP contribution in [-0.2, 0) is 12.5 Å². The van der Waals surface area contributed by atoms with Gasteiger partial charge in [-0.1, -0.05) is 242 Å². The van der Waals surface area contributed by atoms with E-state index in [1.165, 1.54) is 125 Å². The van der Waals surface area contributed by atoms with Gasteiger partial charge in [0.05, 0.1) is 11.1 Å². The fourth-order valence-electron chi connectivity index (χ4n) is 11.5. The first-order valence-electron chi connectivity index (χ1n) is 25.3. The fraction of sp³-hybridized carbons (Fsp3) is 0.0704. The maximum absolute atomic E-state index is 2.53. The molecule has 0 unspecified atom stereocenters. The van der Waals surface area contributed by atoms with Crippen molar-refractivity contribution in [3.8, 4) is 44.6 Å². The van der Waals surface area contributed by atoms with E-state index in [9.17, 15) is 0 Å². The van der Waals surface area contributed by atoms with Crippen LogP contribution in [0.15, 0.2) is 261 Å². The van der Waals surface area contributed by atoms with Crippen molar-refractivity contribution in [2.45, 2.75) is 26.2 Å². The van der Waals surface area contributed by atoms with Crippen LogP contribution in [-0.4, -0.2) is 4.57 Å². The SMILES string of the molecule is Cc1ccc2c(c1)C(c1ccccc1)(c1ccccc1)c1cc(-c3ccc4c(c3)c(-c3ccccc3)c(-c3ccccc3)n4C)c3ccccc3c1-2.Cc1ccc2c(c1)sc1ccccc12.Cc1ccccc1.